The number of halogens is 1. The largest absolute Gasteiger partial charge is 0.488 e. The normalized spacial score (nSPS) is 12.4. The number of aromatic nitrogens is 1. The summed E-state index contributed by atoms with van der Waals surface area (Å²) < 4.78 is 18.8. The molecule has 2 aromatic rings. The first-order chi connectivity index (χ1) is 8.56. The maximum absolute atomic E-state index is 13.2. The van der Waals surface area contributed by atoms with Crippen LogP contribution in [0.25, 0.3) is 0 Å². The molecule has 2 N–H and O–H groups in total. The summed E-state index contributed by atoms with van der Waals surface area (Å²) in [6, 6.07) is 4.14. The van der Waals surface area contributed by atoms with E-state index in [1.807, 2.05) is 6.92 Å². The highest BCUT2D eigenvalue weighted by atomic mass is 32.1. The fourth-order valence-corrected chi connectivity index (χ4v) is 2.34. The van der Waals surface area contributed by atoms with Crippen molar-refractivity contribution in [1.29, 1.82) is 0 Å². The minimum Gasteiger partial charge on any atom is -0.488 e. The van der Waals surface area contributed by atoms with Crippen molar-refractivity contribution in [2.24, 2.45) is 5.73 Å². The highest BCUT2D eigenvalue weighted by Gasteiger charge is 2.10. The molecule has 0 spiro atoms. The lowest BCUT2D eigenvalue weighted by Crippen LogP contribution is -2.08. The topological polar surface area (TPSA) is 48.1 Å². The predicted octanol–water partition coefficient (Wildman–Crippen LogP) is 3.19. The van der Waals surface area contributed by atoms with Crippen LogP contribution in [0.3, 0.4) is 0 Å². The molecule has 0 aliphatic rings. The molecule has 0 saturated heterocycles. The van der Waals surface area contributed by atoms with Crippen molar-refractivity contribution in [1.82, 2.24) is 4.98 Å². The van der Waals surface area contributed by atoms with Gasteiger partial charge in [0.15, 0.2) is 0 Å². The van der Waals surface area contributed by atoms with Gasteiger partial charge in [0.05, 0.1) is 9.88 Å². The van der Waals surface area contributed by atoms with Gasteiger partial charge < -0.3 is 10.5 Å². The monoisotopic (exact) mass is 266 g/mol. The molecule has 5 heteroatoms. The van der Waals surface area contributed by atoms with Crippen LogP contribution in [-0.2, 0) is 6.61 Å². The second kappa shape index (κ2) is 5.46. The van der Waals surface area contributed by atoms with Crippen LogP contribution in [0.15, 0.2) is 24.4 Å². The molecular weight excluding hydrogens is 251 g/mol. The van der Waals surface area contributed by atoms with Crippen molar-refractivity contribution in [2.45, 2.75) is 26.5 Å². The van der Waals surface area contributed by atoms with Crippen LogP contribution in [0.1, 0.15) is 28.4 Å². The van der Waals surface area contributed by atoms with E-state index in [0.717, 1.165) is 9.88 Å². The quantitative estimate of drug-likeness (QED) is 0.924. The summed E-state index contributed by atoms with van der Waals surface area (Å²) in [5.41, 5.74) is 6.48. The number of nitrogens with two attached hydrogens (primary N) is 1. The van der Waals surface area contributed by atoms with E-state index >= 15 is 0 Å². The number of thiazole rings is 1. The minimum atomic E-state index is -0.303. The number of hydrogen-bond donors (Lipinski definition) is 1. The van der Waals surface area contributed by atoms with E-state index in [1.54, 1.807) is 30.5 Å². The maximum Gasteiger partial charge on any atom is 0.124 e. The van der Waals surface area contributed by atoms with Gasteiger partial charge in [-0.25, -0.2) is 9.37 Å². The Hall–Kier alpha value is -1.46. The molecule has 0 unspecified atom stereocenters. The zero-order valence-corrected chi connectivity index (χ0v) is 11.1. The second-order valence-electron chi connectivity index (χ2n) is 4.11. The Morgan fingerprint density at radius 1 is 1.50 bits per heavy atom. The zero-order chi connectivity index (χ0) is 13.1. The van der Waals surface area contributed by atoms with Crippen molar-refractivity contribution in [2.75, 3.05) is 0 Å². The fourth-order valence-electron chi connectivity index (χ4n) is 1.63. The lowest BCUT2D eigenvalue weighted by atomic mass is 10.1. The molecule has 1 aromatic carbocycles. The molecule has 0 bridgehead atoms. The summed E-state index contributed by atoms with van der Waals surface area (Å²) in [6.07, 6.45) is 1.79. The molecule has 2 rings (SSSR count). The summed E-state index contributed by atoms with van der Waals surface area (Å²) in [5, 5.41) is 1.00. The highest BCUT2D eigenvalue weighted by molar-refractivity contribution is 7.11. The SMILES string of the molecule is Cc1ncc(COc2ccc(F)cc2[C@H](C)N)s1. The van der Waals surface area contributed by atoms with Gasteiger partial charge in [0.1, 0.15) is 18.2 Å². The molecule has 1 aromatic heterocycles. The fraction of sp³-hybridized carbons (Fsp3) is 0.308. The number of benzene rings is 1. The molecule has 0 saturated carbocycles. The lowest BCUT2D eigenvalue weighted by Gasteiger charge is -2.13. The predicted molar refractivity (Wildman–Crippen MR) is 70.2 cm³/mol. The summed E-state index contributed by atoms with van der Waals surface area (Å²) >= 11 is 1.58. The Morgan fingerprint density at radius 2 is 2.28 bits per heavy atom. The van der Waals surface area contributed by atoms with Crippen molar-refractivity contribution < 1.29 is 9.13 Å². The standard InChI is InChI=1S/C13H15FN2OS/c1-8(15)12-5-10(14)3-4-13(12)17-7-11-6-16-9(2)18-11/h3-6,8H,7,15H2,1-2H3/t8-/m0/s1. The van der Waals surface area contributed by atoms with E-state index in [9.17, 15) is 4.39 Å². The second-order valence-corrected chi connectivity index (χ2v) is 5.42. The first-order valence-corrected chi connectivity index (χ1v) is 6.47. The van der Waals surface area contributed by atoms with Crippen LogP contribution in [0.4, 0.5) is 4.39 Å². The first kappa shape index (κ1) is 13.0. The van der Waals surface area contributed by atoms with Crippen LogP contribution < -0.4 is 10.5 Å². The Bertz CT molecular complexity index is 540. The zero-order valence-electron chi connectivity index (χ0n) is 10.3. The lowest BCUT2D eigenvalue weighted by molar-refractivity contribution is 0.304. The summed E-state index contributed by atoms with van der Waals surface area (Å²) in [4.78, 5) is 5.19. The molecule has 0 radical (unpaired) electrons. The number of aryl methyl sites for hydroxylation is 1. The molecule has 1 atom stereocenters. The van der Waals surface area contributed by atoms with Crippen molar-refractivity contribution in [3.05, 3.63) is 45.7 Å². The van der Waals surface area contributed by atoms with Crippen LogP contribution in [0.5, 0.6) is 5.75 Å². The molecule has 1 heterocycles. The van der Waals surface area contributed by atoms with Crippen LogP contribution in [0, 0.1) is 12.7 Å². The number of nitrogens with zero attached hydrogens (tertiary/aromatic N) is 1. The number of rotatable bonds is 4. The first-order valence-electron chi connectivity index (χ1n) is 5.65. The van der Waals surface area contributed by atoms with E-state index in [0.29, 0.717) is 17.9 Å². The molecule has 0 aliphatic heterocycles. The molecule has 18 heavy (non-hydrogen) atoms. The van der Waals surface area contributed by atoms with Crippen molar-refractivity contribution in [3.63, 3.8) is 0 Å². The van der Waals surface area contributed by atoms with Gasteiger partial charge in [-0.05, 0) is 32.0 Å². The van der Waals surface area contributed by atoms with E-state index in [-0.39, 0.29) is 11.9 Å². The van der Waals surface area contributed by atoms with Gasteiger partial charge in [0.25, 0.3) is 0 Å². The third-order valence-electron chi connectivity index (χ3n) is 2.50. The Balaban J connectivity index is 2.13. The molecule has 96 valence electrons. The van der Waals surface area contributed by atoms with E-state index in [1.165, 1.54) is 12.1 Å². The Kier molecular flexibility index (Phi) is 3.93. The third-order valence-corrected chi connectivity index (χ3v) is 3.39. The van der Waals surface area contributed by atoms with Gasteiger partial charge in [0.2, 0.25) is 0 Å². The van der Waals surface area contributed by atoms with Gasteiger partial charge in [-0.2, -0.15) is 0 Å². The average Bonchev–Trinajstić information content (AvgIpc) is 2.73. The Morgan fingerprint density at radius 3 is 2.89 bits per heavy atom. The molecular formula is C13H15FN2OS. The van der Waals surface area contributed by atoms with Crippen LogP contribution in [-0.4, -0.2) is 4.98 Å². The van der Waals surface area contributed by atoms with Crippen molar-refractivity contribution >= 4 is 11.3 Å². The van der Waals surface area contributed by atoms with E-state index in [4.69, 9.17) is 10.5 Å². The smallest absolute Gasteiger partial charge is 0.124 e. The summed E-state index contributed by atoms with van der Waals surface area (Å²) in [6.45, 7) is 4.18. The average molecular weight is 266 g/mol. The van der Waals surface area contributed by atoms with E-state index < -0.39 is 0 Å². The van der Waals surface area contributed by atoms with Gasteiger partial charge in [-0.15, -0.1) is 11.3 Å². The maximum atomic E-state index is 13.2. The van der Waals surface area contributed by atoms with Gasteiger partial charge in [-0.3, -0.25) is 0 Å². The number of hydrogen-bond acceptors (Lipinski definition) is 4. The number of ether oxygens (including phenoxy) is 1. The summed E-state index contributed by atoms with van der Waals surface area (Å²) in [5.74, 6) is 0.320. The molecule has 0 aliphatic carbocycles. The van der Waals surface area contributed by atoms with Crippen LogP contribution >= 0.6 is 11.3 Å². The molecule has 0 fully saturated rings. The molecule has 3 nitrogen and oxygen atoms in total. The van der Waals surface area contributed by atoms with E-state index in [2.05, 4.69) is 4.98 Å². The van der Waals surface area contributed by atoms with Gasteiger partial charge in [0, 0.05) is 17.8 Å². The van der Waals surface area contributed by atoms with Crippen molar-refractivity contribution in [3.8, 4) is 5.75 Å². The third kappa shape index (κ3) is 3.05. The molecule has 0 amide bonds. The minimum absolute atomic E-state index is 0.265. The Labute approximate surface area is 109 Å². The highest BCUT2D eigenvalue weighted by Crippen LogP contribution is 2.26. The van der Waals surface area contributed by atoms with Gasteiger partial charge >= 0.3 is 0 Å². The van der Waals surface area contributed by atoms with Crippen LogP contribution in [0.2, 0.25) is 0 Å². The summed E-state index contributed by atoms with van der Waals surface area (Å²) in [7, 11) is 0. The van der Waals surface area contributed by atoms with Gasteiger partial charge in [-0.1, -0.05) is 0 Å².